The number of halogens is 1. The number of aryl methyl sites for hydroxylation is 1. The van der Waals surface area contributed by atoms with Gasteiger partial charge in [0, 0.05) is 24.2 Å². The molecule has 1 aromatic heterocycles. The molecule has 1 saturated heterocycles. The van der Waals surface area contributed by atoms with Crippen molar-refractivity contribution in [1.82, 2.24) is 20.5 Å². The van der Waals surface area contributed by atoms with Crippen molar-refractivity contribution in [2.75, 3.05) is 32.7 Å². The number of thiazole rings is 1. The van der Waals surface area contributed by atoms with Crippen LogP contribution in [0.15, 0.2) is 11.2 Å². The summed E-state index contributed by atoms with van der Waals surface area (Å²) < 4.78 is 0. The fourth-order valence-corrected chi connectivity index (χ4v) is 3.54. The Hall–Kier alpha value is -0.410. The molecule has 5 nitrogen and oxygen atoms in total. The number of aliphatic imine (C=N–C) groups is 1. The molecule has 0 atom stereocenters. The number of hydrogen-bond donors (Lipinski definition) is 2. The van der Waals surface area contributed by atoms with Crippen molar-refractivity contribution in [2.24, 2.45) is 4.99 Å². The maximum Gasteiger partial charge on any atom is 0.191 e. The van der Waals surface area contributed by atoms with E-state index in [0.717, 1.165) is 24.1 Å². The van der Waals surface area contributed by atoms with Gasteiger partial charge in [0.2, 0.25) is 0 Å². The highest BCUT2D eigenvalue weighted by Gasteiger charge is 2.08. The maximum absolute atomic E-state index is 4.63. The van der Waals surface area contributed by atoms with Crippen LogP contribution in [0.2, 0.25) is 0 Å². The highest BCUT2D eigenvalue weighted by molar-refractivity contribution is 14.0. The molecule has 0 saturated carbocycles. The van der Waals surface area contributed by atoms with Gasteiger partial charge in [0.1, 0.15) is 5.01 Å². The topological polar surface area (TPSA) is 52.6 Å². The summed E-state index contributed by atoms with van der Waals surface area (Å²) in [6, 6.07) is 0. The van der Waals surface area contributed by atoms with E-state index in [1.807, 2.05) is 6.20 Å². The minimum Gasteiger partial charge on any atom is -0.357 e. The van der Waals surface area contributed by atoms with Crippen molar-refractivity contribution in [3.05, 3.63) is 16.1 Å². The van der Waals surface area contributed by atoms with Crippen LogP contribution < -0.4 is 10.6 Å². The van der Waals surface area contributed by atoms with Crippen LogP contribution in [0.4, 0.5) is 0 Å². The van der Waals surface area contributed by atoms with Crippen LogP contribution in [0.1, 0.15) is 48.9 Å². The largest absolute Gasteiger partial charge is 0.357 e. The summed E-state index contributed by atoms with van der Waals surface area (Å²) in [5.74, 6) is 0.899. The lowest BCUT2D eigenvalue weighted by atomic mass is 10.2. The molecule has 0 unspecified atom stereocenters. The van der Waals surface area contributed by atoms with E-state index >= 15 is 0 Å². The lowest BCUT2D eigenvalue weighted by Gasteiger charge is -2.20. The smallest absolute Gasteiger partial charge is 0.191 e. The predicted molar refractivity (Wildman–Crippen MR) is 115 cm³/mol. The number of guanidine groups is 1. The van der Waals surface area contributed by atoms with Crippen molar-refractivity contribution >= 4 is 41.3 Å². The zero-order chi connectivity index (χ0) is 16.3. The summed E-state index contributed by atoms with van der Waals surface area (Å²) in [4.78, 5) is 12.8. The molecule has 1 aliphatic heterocycles. The first-order valence-electron chi connectivity index (χ1n) is 8.94. The van der Waals surface area contributed by atoms with Gasteiger partial charge in [-0.3, -0.25) is 0 Å². The molecule has 0 spiro atoms. The number of likely N-dealkylation sites (tertiary alicyclic amines) is 1. The summed E-state index contributed by atoms with van der Waals surface area (Å²) >= 11 is 1.72. The van der Waals surface area contributed by atoms with E-state index in [0.29, 0.717) is 6.54 Å². The van der Waals surface area contributed by atoms with Gasteiger partial charge in [0.25, 0.3) is 0 Å². The fraction of sp³-hybridized carbons (Fsp3) is 0.765. The molecule has 1 aliphatic rings. The minimum absolute atomic E-state index is 0. The molecule has 2 rings (SSSR count). The molecule has 0 amide bonds. The first-order valence-corrected chi connectivity index (χ1v) is 9.75. The quantitative estimate of drug-likeness (QED) is 0.281. The Labute approximate surface area is 167 Å². The Morgan fingerprint density at radius 1 is 1.25 bits per heavy atom. The second-order valence-electron chi connectivity index (χ2n) is 6.10. The van der Waals surface area contributed by atoms with Crippen LogP contribution in [0.5, 0.6) is 0 Å². The maximum atomic E-state index is 4.63. The van der Waals surface area contributed by atoms with Crippen LogP contribution >= 0.6 is 35.3 Å². The standard InChI is InChI=1S/C17H31N5S.HI/c1-3-18-17(21-14-16-20-13-15(2)23-16)19-9-8-12-22-10-6-4-5-7-11-22;/h13H,3-12,14H2,1-2H3,(H2,18,19,21);1H. The molecule has 7 heteroatoms. The molecular weight excluding hydrogens is 433 g/mol. The normalized spacial score (nSPS) is 16.3. The predicted octanol–water partition coefficient (Wildman–Crippen LogP) is 3.39. The van der Waals surface area contributed by atoms with Gasteiger partial charge in [-0.25, -0.2) is 9.98 Å². The zero-order valence-electron chi connectivity index (χ0n) is 15.0. The molecule has 0 aromatic carbocycles. The SMILES string of the molecule is CCNC(=NCc1ncc(C)s1)NCCCN1CCCCCC1.I. The van der Waals surface area contributed by atoms with E-state index in [1.165, 1.54) is 56.6 Å². The molecular formula is C17H32IN5S. The Bertz CT molecular complexity index is 469. The summed E-state index contributed by atoms with van der Waals surface area (Å²) in [6.45, 7) is 10.4. The highest BCUT2D eigenvalue weighted by Crippen LogP contribution is 2.12. The molecule has 138 valence electrons. The van der Waals surface area contributed by atoms with Crippen LogP contribution in [-0.4, -0.2) is 48.6 Å². The molecule has 1 aromatic rings. The van der Waals surface area contributed by atoms with Crippen LogP contribution in [-0.2, 0) is 6.54 Å². The van der Waals surface area contributed by atoms with E-state index in [-0.39, 0.29) is 24.0 Å². The van der Waals surface area contributed by atoms with Gasteiger partial charge < -0.3 is 15.5 Å². The average molecular weight is 465 g/mol. The first kappa shape index (κ1) is 21.6. The van der Waals surface area contributed by atoms with Gasteiger partial charge in [-0.05, 0) is 52.7 Å². The summed E-state index contributed by atoms with van der Waals surface area (Å²) in [5, 5.41) is 7.83. The minimum atomic E-state index is 0. The number of rotatable bonds is 7. The highest BCUT2D eigenvalue weighted by atomic mass is 127. The monoisotopic (exact) mass is 465 g/mol. The zero-order valence-corrected chi connectivity index (χ0v) is 18.2. The third-order valence-corrected chi connectivity index (χ3v) is 4.93. The lowest BCUT2D eigenvalue weighted by molar-refractivity contribution is 0.282. The summed E-state index contributed by atoms with van der Waals surface area (Å²) in [5.41, 5.74) is 0. The van der Waals surface area contributed by atoms with Crippen molar-refractivity contribution in [2.45, 2.75) is 52.5 Å². The second-order valence-corrected chi connectivity index (χ2v) is 7.42. The molecule has 2 N–H and O–H groups in total. The summed E-state index contributed by atoms with van der Waals surface area (Å²) in [6.07, 6.45) is 8.62. The Balaban J connectivity index is 0.00000288. The van der Waals surface area contributed by atoms with E-state index < -0.39 is 0 Å². The molecule has 0 aliphatic carbocycles. The number of nitrogens with zero attached hydrogens (tertiary/aromatic N) is 3. The van der Waals surface area contributed by atoms with Crippen LogP contribution in [0.25, 0.3) is 0 Å². The number of nitrogens with one attached hydrogen (secondary N) is 2. The average Bonchev–Trinajstić information content (AvgIpc) is 2.80. The molecule has 24 heavy (non-hydrogen) atoms. The number of aromatic nitrogens is 1. The van der Waals surface area contributed by atoms with Gasteiger partial charge in [-0.15, -0.1) is 35.3 Å². The van der Waals surface area contributed by atoms with E-state index in [1.54, 1.807) is 11.3 Å². The van der Waals surface area contributed by atoms with Crippen molar-refractivity contribution in [3.8, 4) is 0 Å². The van der Waals surface area contributed by atoms with E-state index in [4.69, 9.17) is 0 Å². The Kier molecular flexibility index (Phi) is 11.6. The Morgan fingerprint density at radius 2 is 2.00 bits per heavy atom. The van der Waals surface area contributed by atoms with Gasteiger partial charge in [0.05, 0.1) is 6.54 Å². The number of hydrogen-bond acceptors (Lipinski definition) is 4. The van der Waals surface area contributed by atoms with Gasteiger partial charge in [-0.1, -0.05) is 12.8 Å². The lowest BCUT2D eigenvalue weighted by Crippen LogP contribution is -2.38. The third kappa shape index (κ3) is 8.62. The van der Waals surface area contributed by atoms with Crippen LogP contribution in [0, 0.1) is 6.92 Å². The van der Waals surface area contributed by atoms with Crippen molar-refractivity contribution in [3.63, 3.8) is 0 Å². The van der Waals surface area contributed by atoms with Crippen molar-refractivity contribution < 1.29 is 0 Å². The fourth-order valence-electron chi connectivity index (χ4n) is 2.83. The van der Waals surface area contributed by atoms with Gasteiger partial charge >= 0.3 is 0 Å². The van der Waals surface area contributed by atoms with Gasteiger partial charge in [0.15, 0.2) is 5.96 Å². The Morgan fingerprint density at radius 3 is 2.62 bits per heavy atom. The van der Waals surface area contributed by atoms with Gasteiger partial charge in [-0.2, -0.15) is 0 Å². The van der Waals surface area contributed by atoms with E-state index in [2.05, 4.69) is 39.4 Å². The molecule has 2 heterocycles. The van der Waals surface area contributed by atoms with E-state index in [9.17, 15) is 0 Å². The van der Waals surface area contributed by atoms with Crippen LogP contribution in [0.3, 0.4) is 0 Å². The first-order chi connectivity index (χ1) is 11.3. The molecule has 0 bridgehead atoms. The van der Waals surface area contributed by atoms with Crippen molar-refractivity contribution in [1.29, 1.82) is 0 Å². The third-order valence-electron chi connectivity index (χ3n) is 4.03. The molecule has 0 radical (unpaired) electrons. The summed E-state index contributed by atoms with van der Waals surface area (Å²) in [7, 11) is 0. The molecule has 1 fully saturated rings. The second kappa shape index (κ2) is 12.9.